The van der Waals surface area contributed by atoms with E-state index in [4.69, 9.17) is 15.2 Å². The van der Waals surface area contributed by atoms with Crippen molar-refractivity contribution in [2.75, 3.05) is 24.6 Å². The Hall–Kier alpha value is -1.30. The second-order valence-electron chi connectivity index (χ2n) is 5.37. The number of ether oxygens (including phenoxy) is 2. The SMILES string of the molecule is Cc1ccc2c(c1)OCCN2C(=O)[C@@H]1CC[C@H](CN)O1.Cl. The average molecular weight is 313 g/mol. The van der Waals surface area contributed by atoms with Crippen LogP contribution in [0.3, 0.4) is 0 Å². The number of hydrogen-bond donors (Lipinski definition) is 1. The van der Waals surface area contributed by atoms with Crippen LogP contribution in [0.5, 0.6) is 5.75 Å². The van der Waals surface area contributed by atoms with Crippen LogP contribution in [0.1, 0.15) is 18.4 Å². The van der Waals surface area contributed by atoms with Gasteiger partial charge in [0.1, 0.15) is 18.5 Å². The van der Waals surface area contributed by atoms with Crippen LogP contribution in [0.25, 0.3) is 0 Å². The van der Waals surface area contributed by atoms with Gasteiger partial charge in [0.05, 0.1) is 18.3 Å². The summed E-state index contributed by atoms with van der Waals surface area (Å²) in [4.78, 5) is 14.4. The van der Waals surface area contributed by atoms with E-state index in [1.165, 1.54) is 0 Å². The van der Waals surface area contributed by atoms with Crippen LogP contribution in [-0.4, -0.2) is 37.8 Å². The van der Waals surface area contributed by atoms with Crippen molar-refractivity contribution in [3.05, 3.63) is 23.8 Å². The fourth-order valence-electron chi connectivity index (χ4n) is 2.79. The van der Waals surface area contributed by atoms with Gasteiger partial charge in [-0.1, -0.05) is 6.07 Å². The van der Waals surface area contributed by atoms with Gasteiger partial charge < -0.3 is 20.1 Å². The maximum Gasteiger partial charge on any atom is 0.256 e. The maximum atomic E-state index is 12.6. The number of carbonyl (C=O) groups is 1. The molecule has 21 heavy (non-hydrogen) atoms. The average Bonchev–Trinajstić information content (AvgIpc) is 2.94. The van der Waals surface area contributed by atoms with Gasteiger partial charge in [-0.3, -0.25) is 4.79 Å². The first kappa shape index (κ1) is 16.1. The van der Waals surface area contributed by atoms with Gasteiger partial charge in [-0.05, 0) is 37.5 Å². The Kier molecular flexibility index (Phi) is 5.08. The number of anilines is 1. The summed E-state index contributed by atoms with van der Waals surface area (Å²) in [6.07, 6.45) is 1.26. The Morgan fingerprint density at radius 1 is 1.43 bits per heavy atom. The Balaban J connectivity index is 0.00000161. The Morgan fingerprint density at radius 2 is 2.24 bits per heavy atom. The zero-order valence-corrected chi connectivity index (χ0v) is 12.9. The molecule has 5 nitrogen and oxygen atoms in total. The molecule has 0 saturated carbocycles. The summed E-state index contributed by atoms with van der Waals surface area (Å²) in [5, 5.41) is 0. The maximum absolute atomic E-state index is 12.6. The molecule has 0 bridgehead atoms. The number of nitrogens with two attached hydrogens (primary N) is 1. The summed E-state index contributed by atoms with van der Waals surface area (Å²) < 4.78 is 11.3. The van der Waals surface area contributed by atoms with Gasteiger partial charge >= 0.3 is 0 Å². The first-order chi connectivity index (χ1) is 9.69. The lowest BCUT2D eigenvalue weighted by atomic mass is 10.1. The van der Waals surface area contributed by atoms with E-state index in [0.29, 0.717) is 19.7 Å². The second-order valence-corrected chi connectivity index (χ2v) is 5.37. The molecular formula is C15H21ClN2O3. The zero-order valence-electron chi connectivity index (χ0n) is 12.1. The van der Waals surface area contributed by atoms with Gasteiger partial charge in [-0.25, -0.2) is 0 Å². The van der Waals surface area contributed by atoms with Crippen LogP contribution in [0.15, 0.2) is 18.2 Å². The second kappa shape index (κ2) is 6.64. The molecule has 1 amide bonds. The van der Waals surface area contributed by atoms with E-state index in [9.17, 15) is 4.79 Å². The van der Waals surface area contributed by atoms with Gasteiger partial charge in [-0.2, -0.15) is 0 Å². The van der Waals surface area contributed by atoms with Crippen molar-refractivity contribution in [3.63, 3.8) is 0 Å². The molecule has 3 rings (SSSR count). The molecule has 0 aliphatic carbocycles. The van der Waals surface area contributed by atoms with Crippen LogP contribution in [0.2, 0.25) is 0 Å². The Morgan fingerprint density at radius 3 is 2.95 bits per heavy atom. The summed E-state index contributed by atoms with van der Waals surface area (Å²) in [6, 6.07) is 5.90. The van der Waals surface area contributed by atoms with Crippen LogP contribution in [0, 0.1) is 6.92 Å². The number of rotatable bonds is 2. The predicted molar refractivity (Wildman–Crippen MR) is 83.2 cm³/mol. The normalized spacial score (nSPS) is 24.0. The number of amides is 1. The van der Waals surface area contributed by atoms with Gasteiger partial charge in [0, 0.05) is 6.54 Å². The van der Waals surface area contributed by atoms with Gasteiger partial charge in [0.25, 0.3) is 5.91 Å². The smallest absolute Gasteiger partial charge is 0.256 e. The molecule has 116 valence electrons. The van der Waals surface area contributed by atoms with Crippen molar-refractivity contribution in [1.29, 1.82) is 0 Å². The van der Waals surface area contributed by atoms with E-state index in [2.05, 4.69) is 0 Å². The molecule has 2 atom stereocenters. The lowest BCUT2D eigenvalue weighted by molar-refractivity contribution is -0.129. The number of carbonyl (C=O) groups excluding carboxylic acids is 1. The summed E-state index contributed by atoms with van der Waals surface area (Å²) >= 11 is 0. The molecule has 1 saturated heterocycles. The predicted octanol–water partition coefficient (Wildman–Crippen LogP) is 1.65. The van der Waals surface area contributed by atoms with Crippen molar-refractivity contribution in [1.82, 2.24) is 0 Å². The molecule has 6 heteroatoms. The Bertz CT molecular complexity index is 524. The first-order valence-electron chi connectivity index (χ1n) is 7.09. The molecule has 1 aromatic carbocycles. The third-order valence-electron chi connectivity index (χ3n) is 3.89. The number of fused-ring (bicyclic) bond motifs is 1. The first-order valence-corrected chi connectivity index (χ1v) is 7.09. The Labute approximate surface area is 130 Å². The van der Waals surface area contributed by atoms with Gasteiger partial charge in [-0.15, -0.1) is 12.4 Å². The van der Waals surface area contributed by atoms with Gasteiger partial charge in [0.2, 0.25) is 0 Å². The van der Waals surface area contributed by atoms with E-state index in [-0.39, 0.29) is 30.5 Å². The molecule has 0 spiro atoms. The quantitative estimate of drug-likeness (QED) is 0.902. The van der Waals surface area contributed by atoms with E-state index in [0.717, 1.165) is 29.8 Å². The summed E-state index contributed by atoms with van der Waals surface area (Å²) in [5.41, 5.74) is 7.56. The number of aryl methyl sites for hydroxylation is 1. The molecule has 2 heterocycles. The lowest BCUT2D eigenvalue weighted by Crippen LogP contribution is -2.44. The third kappa shape index (κ3) is 3.15. The summed E-state index contributed by atoms with van der Waals surface area (Å²) in [7, 11) is 0. The van der Waals surface area contributed by atoms with E-state index in [1.807, 2.05) is 25.1 Å². The third-order valence-corrected chi connectivity index (χ3v) is 3.89. The fraction of sp³-hybridized carbons (Fsp3) is 0.533. The highest BCUT2D eigenvalue weighted by Crippen LogP contribution is 2.34. The van der Waals surface area contributed by atoms with Gasteiger partial charge in [0.15, 0.2) is 0 Å². The monoisotopic (exact) mass is 312 g/mol. The summed E-state index contributed by atoms with van der Waals surface area (Å²) in [6.45, 7) is 3.58. The molecule has 0 unspecified atom stereocenters. The zero-order chi connectivity index (χ0) is 14.1. The van der Waals surface area contributed by atoms with Crippen molar-refractivity contribution in [2.24, 2.45) is 5.73 Å². The summed E-state index contributed by atoms with van der Waals surface area (Å²) in [5.74, 6) is 0.798. The minimum Gasteiger partial charge on any atom is -0.490 e. The van der Waals surface area contributed by atoms with Crippen molar-refractivity contribution in [2.45, 2.75) is 32.0 Å². The van der Waals surface area contributed by atoms with Crippen molar-refractivity contribution in [3.8, 4) is 5.75 Å². The van der Waals surface area contributed by atoms with Crippen LogP contribution >= 0.6 is 12.4 Å². The van der Waals surface area contributed by atoms with Crippen LogP contribution in [-0.2, 0) is 9.53 Å². The minimum atomic E-state index is -0.365. The molecule has 2 N–H and O–H groups in total. The minimum absolute atomic E-state index is 0. The number of benzene rings is 1. The standard InChI is InChI=1S/C15H20N2O3.ClH/c1-10-2-4-12-14(8-10)19-7-6-17(12)15(18)13-5-3-11(9-16)20-13;/h2,4,8,11,13H,3,5-7,9,16H2,1H3;1H/t11-,13+;/m1./s1. The highest BCUT2D eigenvalue weighted by molar-refractivity contribution is 5.98. The highest BCUT2D eigenvalue weighted by atomic mass is 35.5. The van der Waals surface area contributed by atoms with Crippen LogP contribution < -0.4 is 15.4 Å². The van der Waals surface area contributed by atoms with E-state index in [1.54, 1.807) is 4.90 Å². The number of hydrogen-bond acceptors (Lipinski definition) is 4. The van der Waals surface area contributed by atoms with Crippen LogP contribution in [0.4, 0.5) is 5.69 Å². The highest BCUT2D eigenvalue weighted by Gasteiger charge is 2.35. The van der Waals surface area contributed by atoms with Crippen molar-refractivity contribution < 1.29 is 14.3 Å². The van der Waals surface area contributed by atoms with E-state index < -0.39 is 0 Å². The molecule has 0 aromatic heterocycles. The molecule has 1 aromatic rings. The molecule has 0 radical (unpaired) electrons. The largest absolute Gasteiger partial charge is 0.490 e. The number of halogens is 1. The topological polar surface area (TPSA) is 64.8 Å². The lowest BCUT2D eigenvalue weighted by Gasteiger charge is -2.31. The van der Waals surface area contributed by atoms with E-state index >= 15 is 0 Å². The fourth-order valence-corrected chi connectivity index (χ4v) is 2.79. The molecule has 1 fully saturated rings. The molecular weight excluding hydrogens is 292 g/mol. The molecule has 2 aliphatic heterocycles. The molecule has 2 aliphatic rings. The number of nitrogens with zero attached hydrogens (tertiary/aromatic N) is 1. The van der Waals surface area contributed by atoms with Crippen molar-refractivity contribution >= 4 is 24.0 Å².